The zero-order chi connectivity index (χ0) is 20.1. The third-order valence-corrected chi connectivity index (χ3v) is 5.33. The van der Waals surface area contributed by atoms with E-state index in [0.717, 1.165) is 42.9 Å². The van der Waals surface area contributed by atoms with E-state index in [9.17, 15) is 13.2 Å². The fourth-order valence-corrected chi connectivity index (χ4v) is 3.69. The minimum Gasteiger partial charge on any atom is -0.505 e. The van der Waals surface area contributed by atoms with Gasteiger partial charge in [-0.25, -0.2) is 4.39 Å². The molecule has 28 heavy (non-hydrogen) atoms. The Labute approximate surface area is 163 Å². The number of phenolic OH excluding ortho intramolecular Hbond substituents is 1. The number of phenols is 1. The second-order valence-corrected chi connectivity index (χ2v) is 7.23. The Balaban J connectivity index is 1.53. The molecular formula is C22H25F3O3. The normalized spacial score (nSPS) is 19.6. The van der Waals surface area contributed by atoms with Crippen molar-refractivity contribution in [1.82, 2.24) is 0 Å². The van der Waals surface area contributed by atoms with Crippen LogP contribution in [0.2, 0.25) is 0 Å². The van der Waals surface area contributed by atoms with Crippen molar-refractivity contribution in [2.24, 2.45) is 5.92 Å². The van der Waals surface area contributed by atoms with Gasteiger partial charge in [0.05, 0.1) is 13.2 Å². The van der Waals surface area contributed by atoms with Gasteiger partial charge in [-0.05, 0) is 73.8 Å². The van der Waals surface area contributed by atoms with Gasteiger partial charge in [-0.3, -0.25) is 0 Å². The molecule has 0 radical (unpaired) electrons. The molecule has 0 unspecified atom stereocenters. The van der Waals surface area contributed by atoms with Crippen molar-refractivity contribution in [2.75, 3.05) is 13.2 Å². The summed E-state index contributed by atoms with van der Waals surface area (Å²) in [7, 11) is 0. The first-order valence-electron chi connectivity index (χ1n) is 9.65. The summed E-state index contributed by atoms with van der Waals surface area (Å²) in [6.07, 6.45) is 3.30. The van der Waals surface area contributed by atoms with Crippen LogP contribution in [0.15, 0.2) is 30.3 Å². The van der Waals surface area contributed by atoms with Crippen LogP contribution in [-0.2, 0) is 11.3 Å². The van der Waals surface area contributed by atoms with Gasteiger partial charge in [0.2, 0.25) is 11.6 Å². The van der Waals surface area contributed by atoms with E-state index in [0.29, 0.717) is 13.2 Å². The predicted octanol–water partition coefficient (Wildman–Crippen LogP) is 5.70. The van der Waals surface area contributed by atoms with E-state index in [-0.39, 0.29) is 30.0 Å². The molecule has 0 aromatic heterocycles. The SMILES string of the molecule is CCOCc1ccc(C2CCC(COc3ccc(O)c(F)c3F)CC2)c(F)c1. The van der Waals surface area contributed by atoms with E-state index in [2.05, 4.69) is 0 Å². The molecule has 1 N–H and O–H groups in total. The molecule has 6 heteroatoms. The number of hydrogen-bond acceptors (Lipinski definition) is 3. The molecule has 0 heterocycles. The highest BCUT2D eigenvalue weighted by molar-refractivity contribution is 5.34. The Morgan fingerprint density at radius 3 is 2.43 bits per heavy atom. The van der Waals surface area contributed by atoms with Crippen molar-refractivity contribution in [1.29, 1.82) is 0 Å². The number of halogens is 3. The Morgan fingerprint density at radius 2 is 1.75 bits per heavy atom. The maximum atomic E-state index is 14.5. The highest BCUT2D eigenvalue weighted by atomic mass is 19.2. The lowest BCUT2D eigenvalue weighted by Crippen LogP contribution is -2.20. The maximum Gasteiger partial charge on any atom is 0.204 e. The number of rotatable bonds is 7. The van der Waals surface area contributed by atoms with Gasteiger partial charge >= 0.3 is 0 Å². The monoisotopic (exact) mass is 394 g/mol. The van der Waals surface area contributed by atoms with Crippen LogP contribution in [0.3, 0.4) is 0 Å². The van der Waals surface area contributed by atoms with Gasteiger partial charge in [-0.1, -0.05) is 12.1 Å². The molecule has 2 aromatic rings. The summed E-state index contributed by atoms with van der Waals surface area (Å²) in [6, 6.07) is 7.59. The molecule has 1 aliphatic rings. The summed E-state index contributed by atoms with van der Waals surface area (Å²) < 4.78 is 52.3. The lowest BCUT2D eigenvalue weighted by atomic mass is 9.78. The summed E-state index contributed by atoms with van der Waals surface area (Å²) in [5.41, 5.74) is 1.56. The summed E-state index contributed by atoms with van der Waals surface area (Å²) in [5, 5.41) is 9.15. The number of benzene rings is 2. The standard InChI is InChI=1S/C22H25F3O3/c1-2-27-12-15-5-8-17(18(23)11-15)16-6-3-14(4-7-16)13-28-20-10-9-19(26)21(24)22(20)25/h5,8-11,14,16,26H,2-4,6-7,12-13H2,1H3. The van der Waals surface area contributed by atoms with E-state index in [1.54, 1.807) is 6.07 Å². The maximum absolute atomic E-state index is 14.5. The van der Waals surface area contributed by atoms with E-state index in [1.807, 2.05) is 19.1 Å². The molecule has 0 bridgehead atoms. The minimum atomic E-state index is -1.30. The zero-order valence-corrected chi connectivity index (χ0v) is 15.9. The second kappa shape index (κ2) is 9.32. The van der Waals surface area contributed by atoms with Crippen LogP contribution in [0.1, 0.15) is 49.7 Å². The quantitative estimate of drug-likeness (QED) is 0.655. The minimum absolute atomic E-state index is 0.153. The summed E-state index contributed by atoms with van der Waals surface area (Å²) in [4.78, 5) is 0. The van der Waals surface area contributed by atoms with Crippen molar-refractivity contribution in [2.45, 2.75) is 45.1 Å². The zero-order valence-electron chi connectivity index (χ0n) is 15.9. The molecule has 1 saturated carbocycles. The Hall–Kier alpha value is -2.21. The highest BCUT2D eigenvalue weighted by Crippen LogP contribution is 2.37. The number of ether oxygens (including phenoxy) is 2. The van der Waals surface area contributed by atoms with Crippen molar-refractivity contribution in [3.8, 4) is 11.5 Å². The Kier molecular flexibility index (Phi) is 6.83. The van der Waals surface area contributed by atoms with Gasteiger partial charge in [0.1, 0.15) is 5.82 Å². The van der Waals surface area contributed by atoms with Crippen LogP contribution >= 0.6 is 0 Å². The van der Waals surface area contributed by atoms with Crippen molar-refractivity contribution in [3.05, 3.63) is 58.9 Å². The first-order chi connectivity index (χ1) is 13.5. The molecule has 0 saturated heterocycles. The Morgan fingerprint density at radius 1 is 1.00 bits per heavy atom. The van der Waals surface area contributed by atoms with Gasteiger partial charge in [-0.15, -0.1) is 0 Å². The fourth-order valence-electron chi connectivity index (χ4n) is 3.69. The first kappa shape index (κ1) is 20.5. The fraction of sp³-hybridized carbons (Fsp3) is 0.455. The third kappa shape index (κ3) is 4.79. The first-order valence-corrected chi connectivity index (χ1v) is 9.65. The number of hydrogen-bond donors (Lipinski definition) is 1. The average molecular weight is 394 g/mol. The van der Waals surface area contributed by atoms with Crippen molar-refractivity contribution < 1.29 is 27.8 Å². The largest absolute Gasteiger partial charge is 0.505 e. The smallest absolute Gasteiger partial charge is 0.204 e. The third-order valence-electron chi connectivity index (χ3n) is 5.33. The molecule has 3 rings (SSSR count). The molecule has 0 amide bonds. The van der Waals surface area contributed by atoms with E-state index < -0.39 is 17.4 Å². The van der Waals surface area contributed by atoms with E-state index in [1.165, 1.54) is 6.07 Å². The van der Waals surface area contributed by atoms with Crippen molar-refractivity contribution in [3.63, 3.8) is 0 Å². The summed E-state index contributed by atoms with van der Waals surface area (Å²) in [6.45, 7) is 3.17. The topological polar surface area (TPSA) is 38.7 Å². The molecule has 0 spiro atoms. The van der Waals surface area contributed by atoms with Gasteiger partial charge in [-0.2, -0.15) is 8.78 Å². The lowest BCUT2D eigenvalue weighted by molar-refractivity contribution is 0.134. The lowest BCUT2D eigenvalue weighted by Gasteiger charge is -2.29. The molecule has 2 aromatic carbocycles. The van der Waals surface area contributed by atoms with Gasteiger partial charge in [0.25, 0.3) is 0 Å². The molecule has 0 atom stereocenters. The molecule has 3 nitrogen and oxygen atoms in total. The van der Waals surface area contributed by atoms with E-state index >= 15 is 0 Å². The summed E-state index contributed by atoms with van der Waals surface area (Å²) >= 11 is 0. The molecule has 1 aliphatic carbocycles. The highest BCUT2D eigenvalue weighted by Gasteiger charge is 2.25. The van der Waals surface area contributed by atoms with Crippen molar-refractivity contribution >= 4 is 0 Å². The van der Waals surface area contributed by atoms with Crippen LogP contribution in [0.5, 0.6) is 11.5 Å². The van der Waals surface area contributed by atoms with Crippen LogP contribution in [0.4, 0.5) is 13.2 Å². The van der Waals surface area contributed by atoms with Crippen LogP contribution in [0, 0.1) is 23.4 Å². The Bertz CT molecular complexity index is 802. The van der Waals surface area contributed by atoms with Gasteiger partial charge in [0.15, 0.2) is 11.5 Å². The average Bonchev–Trinajstić information content (AvgIpc) is 2.70. The molecule has 1 fully saturated rings. The second-order valence-electron chi connectivity index (χ2n) is 7.23. The molecule has 152 valence electrons. The summed E-state index contributed by atoms with van der Waals surface area (Å²) in [5.74, 6) is -3.26. The number of aromatic hydroxyl groups is 1. The van der Waals surface area contributed by atoms with Gasteiger partial charge < -0.3 is 14.6 Å². The predicted molar refractivity (Wildman–Crippen MR) is 99.9 cm³/mol. The van der Waals surface area contributed by atoms with Gasteiger partial charge in [0, 0.05) is 6.61 Å². The molecular weight excluding hydrogens is 369 g/mol. The van der Waals surface area contributed by atoms with E-state index in [4.69, 9.17) is 14.6 Å². The van der Waals surface area contributed by atoms with Crippen LogP contribution in [-0.4, -0.2) is 18.3 Å². The van der Waals surface area contributed by atoms with Crippen LogP contribution in [0.25, 0.3) is 0 Å². The molecule has 0 aliphatic heterocycles. The van der Waals surface area contributed by atoms with Crippen LogP contribution < -0.4 is 4.74 Å².